The highest BCUT2D eigenvalue weighted by Gasteiger charge is 1.98. The molecule has 0 aliphatic heterocycles. The highest BCUT2D eigenvalue weighted by molar-refractivity contribution is 7.80. The van der Waals surface area contributed by atoms with Crippen molar-refractivity contribution in [2.75, 3.05) is 0 Å². The second kappa shape index (κ2) is 3.97. The third kappa shape index (κ3) is 2.43. The minimum absolute atomic E-state index is 0.00569. The van der Waals surface area contributed by atoms with E-state index in [1.165, 1.54) is 10.9 Å². The average molecular weight is 180 g/mol. The molecule has 0 heterocycles. The number of aliphatic hydroxyl groups is 1. The molecule has 0 unspecified atom stereocenters. The Labute approximate surface area is 76.6 Å². The number of hydrogen-bond acceptors (Lipinski definition) is 1. The molecular formula is C9H10NOS+. The SMILES string of the molecule is Cc1ccc([NH+]=C(O)C=S)cc1. The van der Waals surface area contributed by atoms with Crippen LogP contribution in [0, 0.1) is 6.92 Å². The molecule has 62 valence electrons. The quantitative estimate of drug-likeness (QED) is 0.398. The fraction of sp³-hybridized carbons (Fsp3) is 0.111. The molecular weight excluding hydrogens is 170 g/mol. The molecule has 0 bridgehead atoms. The molecule has 0 spiro atoms. The molecule has 0 saturated carbocycles. The Bertz CT molecular complexity index is 303. The van der Waals surface area contributed by atoms with E-state index in [4.69, 9.17) is 5.11 Å². The molecule has 2 N–H and O–H groups in total. The summed E-state index contributed by atoms with van der Waals surface area (Å²) in [5.74, 6) is -0.00569. The van der Waals surface area contributed by atoms with Crippen LogP contribution < -0.4 is 4.99 Å². The number of rotatable bonds is 2. The molecule has 0 fully saturated rings. The van der Waals surface area contributed by atoms with E-state index < -0.39 is 0 Å². The Morgan fingerprint density at radius 2 is 2.00 bits per heavy atom. The van der Waals surface area contributed by atoms with E-state index in [0.29, 0.717) is 0 Å². The van der Waals surface area contributed by atoms with Crippen LogP contribution in [-0.4, -0.2) is 16.4 Å². The normalized spacial score (nSPS) is 11.2. The molecule has 1 aromatic rings. The van der Waals surface area contributed by atoms with E-state index in [-0.39, 0.29) is 5.90 Å². The van der Waals surface area contributed by atoms with E-state index in [2.05, 4.69) is 17.2 Å². The third-order valence-corrected chi connectivity index (χ3v) is 1.66. The molecule has 0 atom stereocenters. The van der Waals surface area contributed by atoms with Crippen molar-refractivity contribution in [1.82, 2.24) is 0 Å². The van der Waals surface area contributed by atoms with Crippen LogP contribution in [0.4, 0.5) is 5.69 Å². The maximum absolute atomic E-state index is 9.03. The first-order chi connectivity index (χ1) is 5.72. The summed E-state index contributed by atoms with van der Waals surface area (Å²) in [4.78, 5) is 2.73. The molecule has 0 saturated heterocycles. The zero-order valence-corrected chi connectivity index (χ0v) is 7.56. The fourth-order valence-corrected chi connectivity index (χ4v) is 0.873. The molecule has 0 aromatic heterocycles. The van der Waals surface area contributed by atoms with E-state index >= 15 is 0 Å². The molecule has 0 amide bonds. The van der Waals surface area contributed by atoms with Crippen molar-refractivity contribution in [2.45, 2.75) is 6.92 Å². The number of benzene rings is 1. The standard InChI is InChI=1S/C9H9NOS/c1-7-2-4-8(5-3-7)10-9(11)6-12/h2-6H,1H3,(H,10,11)/p+1. The summed E-state index contributed by atoms with van der Waals surface area (Å²) in [6, 6.07) is 7.67. The Kier molecular flexibility index (Phi) is 2.94. The van der Waals surface area contributed by atoms with Gasteiger partial charge in [-0.15, -0.1) is 0 Å². The molecule has 1 rings (SSSR count). The van der Waals surface area contributed by atoms with E-state index in [9.17, 15) is 0 Å². The second-order valence-electron chi connectivity index (χ2n) is 2.49. The summed E-state index contributed by atoms with van der Waals surface area (Å²) in [7, 11) is 0. The fourth-order valence-electron chi connectivity index (χ4n) is 0.814. The summed E-state index contributed by atoms with van der Waals surface area (Å²) in [6.45, 7) is 2.01. The Morgan fingerprint density at radius 3 is 2.50 bits per heavy atom. The van der Waals surface area contributed by atoms with E-state index in [1.54, 1.807) is 0 Å². The number of aliphatic hydroxyl groups excluding tert-OH is 1. The number of hydrogen-bond donors (Lipinski definition) is 2. The summed E-state index contributed by atoms with van der Waals surface area (Å²) >= 11 is 4.53. The lowest BCUT2D eigenvalue weighted by molar-refractivity contribution is -0.362. The number of thiocarbonyl (C=S) groups is 1. The highest BCUT2D eigenvalue weighted by atomic mass is 32.1. The van der Waals surface area contributed by atoms with Gasteiger partial charge in [-0.25, -0.2) is 0 Å². The Hall–Kier alpha value is -1.22. The molecule has 0 radical (unpaired) electrons. The van der Waals surface area contributed by atoms with Crippen LogP contribution in [0.25, 0.3) is 0 Å². The van der Waals surface area contributed by atoms with Crippen molar-refractivity contribution in [3.8, 4) is 0 Å². The van der Waals surface area contributed by atoms with Crippen LogP contribution in [0.5, 0.6) is 0 Å². The van der Waals surface area contributed by atoms with Crippen molar-refractivity contribution >= 4 is 29.2 Å². The third-order valence-electron chi connectivity index (χ3n) is 1.44. The van der Waals surface area contributed by atoms with Crippen LogP contribution in [0.15, 0.2) is 24.3 Å². The number of aryl methyl sites for hydroxylation is 1. The first kappa shape index (κ1) is 8.87. The zero-order chi connectivity index (χ0) is 8.97. The van der Waals surface area contributed by atoms with Gasteiger partial charge < -0.3 is 5.11 Å². The van der Waals surface area contributed by atoms with Gasteiger partial charge in [-0.2, -0.15) is 4.99 Å². The minimum atomic E-state index is -0.00569. The van der Waals surface area contributed by atoms with Crippen molar-refractivity contribution in [3.63, 3.8) is 0 Å². The van der Waals surface area contributed by atoms with Crippen molar-refractivity contribution in [2.24, 2.45) is 0 Å². The van der Waals surface area contributed by atoms with Crippen LogP contribution in [0.1, 0.15) is 5.56 Å². The first-order valence-corrected chi connectivity index (χ1v) is 4.04. The molecule has 12 heavy (non-hydrogen) atoms. The lowest BCUT2D eigenvalue weighted by Crippen LogP contribution is -2.66. The molecule has 2 nitrogen and oxygen atoms in total. The van der Waals surface area contributed by atoms with Gasteiger partial charge in [0.2, 0.25) is 5.69 Å². The maximum atomic E-state index is 9.03. The molecule has 0 aliphatic carbocycles. The Balaban J connectivity index is 2.91. The van der Waals surface area contributed by atoms with E-state index in [1.807, 2.05) is 31.2 Å². The van der Waals surface area contributed by atoms with Gasteiger partial charge in [0.15, 0.2) is 0 Å². The van der Waals surface area contributed by atoms with Crippen LogP contribution in [-0.2, 0) is 0 Å². The van der Waals surface area contributed by atoms with Crippen LogP contribution in [0.2, 0.25) is 0 Å². The van der Waals surface area contributed by atoms with Gasteiger partial charge in [0.25, 0.3) is 0 Å². The average Bonchev–Trinajstić information content (AvgIpc) is 2.09. The maximum Gasteiger partial charge on any atom is 0.375 e. The van der Waals surface area contributed by atoms with Gasteiger partial charge in [-0.1, -0.05) is 29.9 Å². The summed E-state index contributed by atoms with van der Waals surface area (Å²) in [6.07, 6.45) is 0. The monoisotopic (exact) mass is 180 g/mol. The first-order valence-electron chi connectivity index (χ1n) is 3.57. The predicted octanol–water partition coefficient (Wildman–Crippen LogP) is 0.663. The van der Waals surface area contributed by atoms with Crippen molar-refractivity contribution < 1.29 is 10.1 Å². The van der Waals surface area contributed by atoms with Gasteiger partial charge in [0, 0.05) is 12.1 Å². The summed E-state index contributed by atoms with van der Waals surface area (Å²) in [5.41, 5.74) is 2.02. The summed E-state index contributed by atoms with van der Waals surface area (Å²) in [5, 5.41) is 10.2. The topological polar surface area (TPSA) is 34.2 Å². The smallest absolute Gasteiger partial charge is 0.375 e. The molecule has 1 aromatic carbocycles. The number of nitrogens with one attached hydrogen (secondary N) is 1. The van der Waals surface area contributed by atoms with Gasteiger partial charge in [0.05, 0.1) is 0 Å². The predicted molar refractivity (Wildman–Crippen MR) is 53.1 cm³/mol. The zero-order valence-electron chi connectivity index (χ0n) is 6.74. The second-order valence-corrected chi connectivity index (χ2v) is 2.73. The largest absolute Gasteiger partial charge is 0.459 e. The Morgan fingerprint density at radius 1 is 1.42 bits per heavy atom. The van der Waals surface area contributed by atoms with Gasteiger partial charge >= 0.3 is 5.90 Å². The van der Waals surface area contributed by atoms with Crippen LogP contribution >= 0.6 is 12.2 Å². The van der Waals surface area contributed by atoms with Gasteiger partial charge in [0.1, 0.15) is 5.37 Å². The van der Waals surface area contributed by atoms with Gasteiger partial charge in [-0.3, -0.25) is 0 Å². The minimum Gasteiger partial charge on any atom is -0.459 e. The summed E-state index contributed by atoms with van der Waals surface area (Å²) < 4.78 is 0. The molecule has 3 heteroatoms. The van der Waals surface area contributed by atoms with Gasteiger partial charge in [-0.05, 0) is 6.92 Å². The highest BCUT2D eigenvalue weighted by Crippen LogP contribution is 2.01. The van der Waals surface area contributed by atoms with E-state index in [0.717, 1.165) is 5.69 Å². The lowest BCUT2D eigenvalue weighted by Gasteiger charge is -1.88. The van der Waals surface area contributed by atoms with Crippen molar-refractivity contribution in [3.05, 3.63) is 29.8 Å². The lowest BCUT2D eigenvalue weighted by atomic mass is 10.2. The molecule has 0 aliphatic rings. The van der Waals surface area contributed by atoms with Crippen molar-refractivity contribution in [1.29, 1.82) is 0 Å². The van der Waals surface area contributed by atoms with Crippen LogP contribution in [0.3, 0.4) is 0 Å².